The maximum Gasteiger partial charge on any atom is 0.197 e. The van der Waals surface area contributed by atoms with Gasteiger partial charge in [-0.1, -0.05) is 13.5 Å². The van der Waals surface area contributed by atoms with Gasteiger partial charge in [0.05, 0.1) is 0 Å². The number of fused-ring (bicyclic) bond motifs is 2. The van der Waals surface area contributed by atoms with Crippen molar-refractivity contribution in [2.45, 2.75) is 19.6 Å². The van der Waals surface area contributed by atoms with Crippen molar-refractivity contribution in [3.8, 4) is 11.5 Å². The monoisotopic (exact) mass is 247 g/mol. The van der Waals surface area contributed by atoms with Gasteiger partial charge in [-0.15, -0.1) is 12.4 Å². The van der Waals surface area contributed by atoms with Crippen LogP contribution in [-0.2, 0) is 0 Å². The van der Waals surface area contributed by atoms with Gasteiger partial charge in [0.15, 0.2) is 17.3 Å². The summed E-state index contributed by atoms with van der Waals surface area (Å²) in [5, 5.41) is 3.15. The molecule has 0 bridgehead atoms. The van der Waals surface area contributed by atoms with E-state index in [-0.39, 0.29) is 43.6 Å². The van der Waals surface area contributed by atoms with E-state index in [1.165, 1.54) is 6.07 Å². The van der Waals surface area contributed by atoms with Gasteiger partial charge in [-0.2, -0.15) is 0 Å². The van der Waals surface area contributed by atoms with Gasteiger partial charge in [0.1, 0.15) is 12.2 Å². The number of hydrogen-bond donors (Lipinski definition) is 1. The standard InChI is InChI=1S/C10H10FNO2.CH4.ClH/c11-6-2-1-3-7-10(6)14-9-5-12-4-8(9)13-7;;/h1-3,8-9,12H,4-5H2;1H4;1H/t8-,9?;;/m0../s1. The molecule has 1 aromatic carbocycles. The van der Waals surface area contributed by atoms with Crippen molar-refractivity contribution in [1.29, 1.82) is 0 Å². The molecule has 90 valence electrons. The molecule has 1 N–H and O–H groups in total. The fraction of sp³-hybridized carbons (Fsp3) is 0.455. The van der Waals surface area contributed by atoms with Crippen LogP contribution in [0.4, 0.5) is 4.39 Å². The van der Waals surface area contributed by atoms with Crippen LogP contribution in [-0.4, -0.2) is 25.3 Å². The average Bonchev–Trinajstić information content (AvgIpc) is 2.62. The third-order valence-corrected chi connectivity index (χ3v) is 2.58. The minimum Gasteiger partial charge on any atom is -0.481 e. The van der Waals surface area contributed by atoms with Gasteiger partial charge >= 0.3 is 0 Å². The van der Waals surface area contributed by atoms with Crippen LogP contribution in [0.5, 0.6) is 11.5 Å². The molecule has 3 rings (SSSR count). The highest BCUT2D eigenvalue weighted by atomic mass is 35.5. The highest BCUT2D eigenvalue weighted by Gasteiger charge is 2.36. The predicted octanol–water partition coefficient (Wildman–Crippen LogP) is 2.00. The molecule has 1 unspecified atom stereocenters. The first-order valence-electron chi connectivity index (χ1n) is 4.67. The van der Waals surface area contributed by atoms with Gasteiger partial charge in [-0.3, -0.25) is 0 Å². The first-order valence-corrected chi connectivity index (χ1v) is 4.67. The Morgan fingerprint density at radius 1 is 1.19 bits per heavy atom. The van der Waals surface area contributed by atoms with Crippen LogP contribution in [0.15, 0.2) is 18.2 Å². The molecule has 5 heteroatoms. The second-order valence-electron chi connectivity index (χ2n) is 3.54. The lowest BCUT2D eigenvalue weighted by Crippen LogP contribution is -2.38. The summed E-state index contributed by atoms with van der Waals surface area (Å²) in [7, 11) is 0. The molecule has 1 fully saturated rings. The minimum atomic E-state index is -0.354. The van der Waals surface area contributed by atoms with Crippen LogP contribution in [0.25, 0.3) is 0 Å². The molecular formula is C11H15ClFNO2. The van der Waals surface area contributed by atoms with Gasteiger partial charge < -0.3 is 14.8 Å². The number of benzene rings is 1. The van der Waals surface area contributed by atoms with Gasteiger partial charge in [0.25, 0.3) is 0 Å². The van der Waals surface area contributed by atoms with E-state index in [1.807, 2.05) is 0 Å². The maximum atomic E-state index is 13.3. The van der Waals surface area contributed by atoms with E-state index in [0.717, 1.165) is 13.1 Å². The summed E-state index contributed by atoms with van der Waals surface area (Å²) in [5.74, 6) is 0.403. The number of rotatable bonds is 0. The van der Waals surface area contributed by atoms with E-state index in [4.69, 9.17) is 9.47 Å². The summed E-state index contributed by atoms with van der Waals surface area (Å²) >= 11 is 0. The van der Waals surface area contributed by atoms with E-state index < -0.39 is 0 Å². The van der Waals surface area contributed by atoms with Crippen molar-refractivity contribution in [2.75, 3.05) is 13.1 Å². The Hall–Kier alpha value is -1.00. The Labute approximate surface area is 100 Å². The van der Waals surface area contributed by atoms with Crippen LogP contribution < -0.4 is 14.8 Å². The number of para-hydroxylation sites is 1. The van der Waals surface area contributed by atoms with Crippen LogP contribution in [0.3, 0.4) is 0 Å². The topological polar surface area (TPSA) is 30.5 Å². The summed E-state index contributed by atoms with van der Waals surface area (Å²) in [4.78, 5) is 0. The molecule has 2 aliphatic rings. The maximum absolute atomic E-state index is 13.3. The quantitative estimate of drug-likeness (QED) is 0.761. The van der Waals surface area contributed by atoms with Crippen molar-refractivity contribution in [1.82, 2.24) is 5.32 Å². The summed E-state index contributed by atoms with van der Waals surface area (Å²) in [6.45, 7) is 1.49. The summed E-state index contributed by atoms with van der Waals surface area (Å²) in [6, 6.07) is 4.73. The fourth-order valence-electron chi connectivity index (χ4n) is 1.88. The smallest absolute Gasteiger partial charge is 0.197 e. The van der Waals surface area contributed by atoms with Crippen LogP contribution >= 0.6 is 12.4 Å². The molecule has 0 radical (unpaired) electrons. The van der Waals surface area contributed by atoms with E-state index in [2.05, 4.69) is 5.32 Å². The molecule has 0 aromatic heterocycles. The second kappa shape index (κ2) is 4.89. The zero-order valence-electron chi connectivity index (χ0n) is 7.90. The molecule has 2 heterocycles. The molecule has 0 amide bonds. The van der Waals surface area contributed by atoms with Gasteiger partial charge in [0, 0.05) is 13.1 Å². The SMILES string of the molecule is C.Cl.Fc1cccc2c1OC1CNC[C@@H]1O2. The Kier molecular flexibility index (Phi) is 3.99. The molecule has 0 spiro atoms. The summed E-state index contributed by atoms with van der Waals surface area (Å²) in [5.41, 5.74) is 0. The van der Waals surface area contributed by atoms with Gasteiger partial charge in [-0.25, -0.2) is 4.39 Å². The molecule has 1 aromatic rings. The molecule has 3 nitrogen and oxygen atoms in total. The highest BCUT2D eigenvalue weighted by molar-refractivity contribution is 5.85. The van der Waals surface area contributed by atoms with Crippen molar-refractivity contribution in [3.63, 3.8) is 0 Å². The molecule has 0 aliphatic carbocycles. The molecular weight excluding hydrogens is 233 g/mol. The minimum absolute atomic E-state index is 0. The zero-order valence-corrected chi connectivity index (χ0v) is 8.72. The van der Waals surface area contributed by atoms with Crippen molar-refractivity contribution in [3.05, 3.63) is 24.0 Å². The first-order chi connectivity index (χ1) is 6.84. The Balaban J connectivity index is 0.000000640. The molecule has 2 aliphatic heterocycles. The van der Waals surface area contributed by atoms with Crippen LogP contribution in [0, 0.1) is 5.82 Å². The lowest BCUT2D eigenvalue weighted by atomic mass is 10.2. The third kappa shape index (κ3) is 1.95. The van der Waals surface area contributed by atoms with E-state index in [0.29, 0.717) is 5.75 Å². The number of halogens is 2. The van der Waals surface area contributed by atoms with Crippen molar-refractivity contribution < 1.29 is 13.9 Å². The van der Waals surface area contributed by atoms with Crippen molar-refractivity contribution in [2.24, 2.45) is 0 Å². The van der Waals surface area contributed by atoms with E-state index in [1.54, 1.807) is 12.1 Å². The Morgan fingerprint density at radius 3 is 2.62 bits per heavy atom. The molecule has 0 saturated carbocycles. The Morgan fingerprint density at radius 2 is 1.88 bits per heavy atom. The zero-order chi connectivity index (χ0) is 9.54. The average molecular weight is 248 g/mol. The summed E-state index contributed by atoms with van der Waals surface area (Å²) in [6.07, 6.45) is -0.0382. The number of nitrogens with one attached hydrogen (secondary N) is 1. The van der Waals surface area contributed by atoms with Gasteiger partial charge in [-0.05, 0) is 12.1 Å². The second-order valence-corrected chi connectivity index (χ2v) is 3.54. The molecule has 1 saturated heterocycles. The lowest BCUT2D eigenvalue weighted by molar-refractivity contribution is 0.0510. The highest BCUT2D eigenvalue weighted by Crippen LogP contribution is 2.36. The third-order valence-electron chi connectivity index (χ3n) is 2.58. The first kappa shape index (κ1) is 13.1. The van der Waals surface area contributed by atoms with Crippen LogP contribution in [0.2, 0.25) is 0 Å². The normalized spacial score (nSPS) is 25.1. The van der Waals surface area contributed by atoms with E-state index in [9.17, 15) is 4.39 Å². The number of hydrogen-bond acceptors (Lipinski definition) is 3. The predicted molar refractivity (Wildman–Crippen MR) is 62.1 cm³/mol. The van der Waals surface area contributed by atoms with Crippen LogP contribution in [0.1, 0.15) is 7.43 Å². The Bertz CT molecular complexity index is 375. The lowest BCUT2D eigenvalue weighted by Gasteiger charge is -2.28. The summed E-state index contributed by atoms with van der Waals surface area (Å²) < 4.78 is 24.4. The fourth-order valence-corrected chi connectivity index (χ4v) is 1.88. The van der Waals surface area contributed by atoms with Crippen molar-refractivity contribution >= 4 is 12.4 Å². The molecule has 2 atom stereocenters. The molecule has 16 heavy (non-hydrogen) atoms. The number of ether oxygens (including phenoxy) is 2. The van der Waals surface area contributed by atoms with E-state index >= 15 is 0 Å². The van der Waals surface area contributed by atoms with Gasteiger partial charge in [0.2, 0.25) is 0 Å². The largest absolute Gasteiger partial charge is 0.481 e.